The van der Waals surface area contributed by atoms with Crippen LogP contribution in [0.15, 0.2) is 0 Å². The Morgan fingerprint density at radius 1 is 1.33 bits per heavy atom. The fraction of sp³-hybridized carbons (Fsp3) is 0.786. The van der Waals surface area contributed by atoms with Crippen LogP contribution in [0, 0.1) is 16.7 Å². The molecule has 0 aromatic rings. The van der Waals surface area contributed by atoms with Crippen molar-refractivity contribution >= 4 is 11.8 Å². The number of rotatable bonds is 3. The molecule has 4 heteroatoms. The fourth-order valence-corrected chi connectivity index (χ4v) is 3.28. The Bertz CT molecular complexity index is 391. The number of nitriles is 1. The van der Waals surface area contributed by atoms with Gasteiger partial charge in [-0.15, -0.1) is 0 Å². The van der Waals surface area contributed by atoms with Crippen molar-refractivity contribution in [2.45, 2.75) is 64.3 Å². The van der Waals surface area contributed by atoms with Crippen molar-refractivity contribution in [3.05, 3.63) is 0 Å². The fourth-order valence-electron chi connectivity index (χ4n) is 3.28. The summed E-state index contributed by atoms with van der Waals surface area (Å²) in [7, 11) is 0. The molecule has 1 aliphatic heterocycles. The van der Waals surface area contributed by atoms with E-state index in [1.54, 1.807) is 0 Å². The average molecular weight is 248 g/mol. The van der Waals surface area contributed by atoms with Gasteiger partial charge in [0.15, 0.2) is 0 Å². The normalized spacial score (nSPS) is 24.3. The standard InChI is InChI=1S/C14H20N2O2/c1-2-6-11(10-15)16-12(17)9-14(13(16)18)7-4-3-5-8-14/h11H,2-9H2,1H3. The lowest BCUT2D eigenvalue weighted by molar-refractivity contribution is -0.143. The van der Waals surface area contributed by atoms with Crippen molar-refractivity contribution in [3.63, 3.8) is 0 Å². The molecule has 1 saturated carbocycles. The highest BCUT2D eigenvalue weighted by Crippen LogP contribution is 2.46. The summed E-state index contributed by atoms with van der Waals surface area (Å²) in [6.45, 7) is 1.96. The minimum absolute atomic E-state index is 0.0767. The lowest BCUT2D eigenvalue weighted by Gasteiger charge is -2.31. The summed E-state index contributed by atoms with van der Waals surface area (Å²) < 4.78 is 0. The Morgan fingerprint density at radius 3 is 2.56 bits per heavy atom. The van der Waals surface area contributed by atoms with Crippen LogP contribution in [0.25, 0.3) is 0 Å². The van der Waals surface area contributed by atoms with Crippen LogP contribution in [0.3, 0.4) is 0 Å². The molecule has 0 aromatic carbocycles. The van der Waals surface area contributed by atoms with Crippen molar-refractivity contribution in [2.24, 2.45) is 5.41 Å². The molecule has 1 atom stereocenters. The van der Waals surface area contributed by atoms with E-state index in [0.717, 1.165) is 38.5 Å². The summed E-state index contributed by atoms with van der Waals surface area (Å²) in [4.78, 5) is 25.9. The number of hydrogen-bond acceptors (Lipinski definition) is 3. The van der Waals surface area contributed by atoms with Crippen LogP contribution in [0.5, 0.6) is 0 Å². The Kier molecular flexibility index (Phi) is 3.70. The zero-order valence-electron chi connectivity index (χ0n) is 10.9. The molecule has 98 valence electrons. The van der Waals surface area contributed by atoms with Gasteiger partial charge in [0.1, 0.15) is 6.04 Å². The van der Waals surface area contributed by atoms with Crippen LogP contribution in [-0.2, 0) is 9.59 Å². The van der Waals surface area contributed by atoms with Crippen molar-refractivity contribution in [1.29, 1.82) is 5.26 Å². The second-order valence-electron chi connectivity index (χ2n) is 5.52. The molecular formula is C14H20N2O2. The van der Waals surface area contributed by atoms with Crippen LogP contribution in [0.4, 0.5) is 0 Å². The molecule has 2 fully saturated rings. The molecule has 2 aliphatic rings. The molecule has 1 saturated heterocycles. The first-order valence-electron chi connectivity index (χ1n) is 6.91. The summed E-state index contributed by atoms with van der Waals surface area (Å²) in [5.41, 5.74) is -0.460. The van der Waals surface area contributed by atoms with Crippen molar-refractivity contribution in [1.82, 2.24) is 4.90 Å². The van der Waals surface area contributed by atoms with Gasteiger partial charge in [-0.05, 0) is 19.3 Å². The Balaban J connectivity index is 2.21. The molecule has 2 rings (SSSR count). The average Bonchev–Trinajstić information content (AvgIpc) is 2.60. The number of hydrogen-bond donors (Lipinski definition) is 0. The van der Waals surface area contributed by atoms with Gasteiger partial charge in [-0.3, -0.25) is 14.5 Å². The number of likely N-dealkylation sites (tertiary alicyclic amines) is 1. The first-order chi connectivity index (χ1) is 8.64. The van der Waals surface area contributed by atoms with Crippen LogP contribution in [0.2, 0.25) is 0 Å². The highest BCUT2D eigenvalue weighted by Gasteiger charge is 2.53. The van der Waals surface area contributed by atoms with E-state index in [1.807, 2.05) is 6.92 Å². The van der Waals surface area contributed by atoms with Crippen LogP contribution in [0.1, 0.15) is 58.3 Å². The third-order valence-corrected chi connectivity index (χ3v) is 4.26. The van der Waals surface area contributed by atoms with E-state index in [-0.39, 0.29) is 11.8 Å². The Hall–Kier alpha value is -1.37. The van der Waals surface area contributed by atoms with E-state index < -0.39 is 11.5 Å². The van der Waals surface area contributed by atoms with Crippen molar-refractivity contribution < 1.29 is 9.59 Å². The van der Waals surface area contributed by atoms with Gasteiger partial charge < -0.3 is 0 Å². The molecular weight excluding hydrogens is 228 g/mol. The third-order valence-electron chi connectivity index (χ3n) is 4.26. The summed E-state index contributed by atoms with van der Waals surface area (Å²) in [5.74, 6) is -0.214. The second-order valence-corrected chi connectivity index (χ2v) is 5.52. The van der Waals surface area contributed by atoms with Gasteiger partial charge in [0.25, 0.3) is 0 Å². The van der Waals surface area contributed by atoms with Gasteiger partial charge in [0.2, 0.25) is 11.8 Å². The van der Waals surface area contributed by atoms with Crippen LogP contribution in [-0.4, -0.2) is 22.8 Å². The summed E-state index contributed by atoms with van der Waals surface area (Å²) >= 11 is 0. The first kappa shape index (κ1) is 13.1. The molecule has 0 bridgehead atoms. The maximum Gasteiger partial charge on any atom is 0.237 e. The monoisotopic (exact) mass is 248 g/mol. The van der Waals surface area contributed by atoms with Crippen molar-refractivity contribution in [3.8, 4) is 6.07 Å². The van der Waals surface area contributed by atoms with Crippen molar-refractivity contribution in [2.75, 3.05) is 0 Å². The zero-order valence-corrected chi connectivity index (χ0v) is 10.9. The summed E-state index contributed by atoms with van der Waals surface area (Å²) in [6.07, 6.45) is 6.56. The van der Waals surface area contributed by atoms with E-state index in [4.69, 9.17) is 5.26 Å². The molecule has 0 aromatic heterocycles. The topological polar surface area (TPSA) is 61.2 Å². The number of imide groups is 1. The van der Waals surface area contributed by atoms with E-state index in [1.165, 1.54) is 4.90 Å². The van der Waals surface area contributed by atoms with Gasteiger partial charge in [-0.25, -0.2) is 0 Å². The maximum absolute atomic E-state index is 12.5. The molecule has 0 radical (unpaired) electrons. The Morgan fingerprint density at radius 2 is 2.00 bits per heavy atom. The molecule has 4 nitrogen and oxygen atoms in total. The summed E-state index contributed by atoms with van der Waals surface area (Å²) in [6, 6.07) is 1.55. The first-order valence-corrected chi connectivity index (χ1v) is 6.91. The predicted octanol–water partition coefficient (Wildman–Crippen LogP) is 2.39. The van der Waals surface area contributed by atoms with Gasteiger partial charge >= 0.3 is 0 Å². The molecule has 1 unspecified atom stereocenters. The zero-order chi connectivity index (χ0) is 13.2. The predicted molar refractivity (Wildman–Crippen MR) is 66.3 cm³/mol. The summed E-state index contributed by atoms with van der Waals surface area (Å²) in [5, 5.41) is 9.14. The molecule has 1 spiro atoms. The molecule has 1 aliphatic carbocycles. The largest absolute Gasteiger partial charge is 0.274 e. The lowest BCUT2D eigenvalue weighted by Crippen LogP contribution is -2.42. The molecule has 1 heterocycles. The maximum atomic E-state index is 12.5. The van der Waals surface area contributed by atoms with Crippen LogP contribution >= 0.6 is 0 Å². The third kappa shape index (κ3) is 2.03. The van der Waals surface area contributed by atoms with Gasteiger partial charge in [-0.2, -0.15) is 5.26 Å². The number of carbonyl (C=O) groups is 2. The van der Waals surface area contributed by atoms with E-state index in [2.05, 4.69) is 6.07 Å². The highest BCUT2D eigenvalue weighted by atomic mass is 16.2. The van der Waals surface area contributed by atoms with Gasteiger partial charge in [0, 0.05) is 6.42 Å². The van der Waals surface area contributed by atoms with E-state index in [9.17, 15) is 9.59 Å². The minimum atomic E-state index is -0.559. The SMILES string of the molecule is CCCC(C#N)N1C(=O)CC2(CCCCC2)C1=O. The second kappa shape index (κ2) is 5.09. The molecule has 18 heavy (non-hydrogen) atoms. The van der Waals surface area contributed by atoms with E-state index >= 15 is 0 Å². The number of nitrogens with zero attached hydrogens (tertiary/aromatic N) is 2. The minimum Gasteiger partial charge on any atom is -0.274 e. The van der Waals surface area contributed by atoms with Crippen LogP contribution < -0.4 is 0 Å². The van der Waals surface area contributed by atoms with Gasteiger partial charge in [-0.1, -0.05) is 32.6 Å². The highest BCUT2D eigenvalue weighted by molar-refractivity contribution is 6.06. The number of carbonyl (C=O) groups excluding carboxylic acids is 2. The molecule has 2 amide bonds. The lowest BCUT2D eigenvalue weighted by atomic mass is 9.73. The quantitative estimate of drug-likeness (QED) is 0.720. The smallest absolute Gasteiger partial charge is 0.237 e. The number of amides is 2. The van der Waals surface area contributed by atoms with Gasteiger partial charge in [0.05, 0.1) is 11.5 Å². The molecule has 0 N–H and O–H groups in total. The van der Waals surface area contributed by atoms with E-state index in [0.29, 0.717) is 12.8 Å². The Labute approximate surface area is 108 Å².